The number of aromatic nitrogens is 4. The van der Waals surface area contributed by atoms with Crippen LogP contribution in [0.4, 0.5) is 11.4 Å². The van der Waals surface area contributed by atoms with Gasteiger partial charge in [-0.3, -0.25) is 9.48 Å². The fraction of sp³-hybridized carbons (Fsp3) is 0.429. The smallest absolute Gasteiger partial charge is 0.276 e. The van der Waals surface area contributed by atoms with Gasteiger partial charge in [0.1, 0.15) is 5.82 Å². The molecular weight excluding hydrogens is 268 g/mol. The molecule has 0 unspecified atom stereocenters. The highest BCUT2D eigenvalue weighted by Crippen LogP contribution is 2.17. The van der Waals surface area contributed by atoms with Gasteiger partial charge in [-0.1, -0.05) is 13.8 Å². The minimum absolute atomic E-state index is 0.158. The number of hydrogen-bond donors (Lipinski definition) is 2. The van der Waals surface area contributed by atoms with Crippen LogP contribution in [0, 0.1) is 0 Å². The molecule has 0 aromatic carbocycles. The largest absolute Gasteiger partial charge is 0.385 e. The molecule has 2 N–H and O–H groups in total. The highest BCUT2D eigenvalue weighted by molar-refractivity contribution is 6.06. The quantitative estimate of drug-likeness (QED) is 0.880. The van der Waals surface area contributed by atoms with Gasteiger partial charge in [0.25, 0.3) is 5.91 Å². The van der Waals surface area contributed by atoms with Crippen molar-refractivity contribution in [1.29, 1.82) is 0 Å². The molecule has 21 heavy (non-hydrogen) atoms. The van der Waals surface area contributed by atoms with Crippen LogP contribution in [0.15, 0.2) is 18.6 Å². The van der Waals surface area contributed by atoms with Crippen molar-refractivity contribution in [1.82, 2.24) is 19.7 Å². The van der Waals surface area contributed by atoms with Crippen molar-refractivity contribution >= 4 is 17.3 Å². The summed E-state index contributed by atoms with van der Waals surface area (Å²) in [5.41, 5.74) is 1.58. The average molecular weight is 288 g/mol. The van der Waals surface area contributed by atoms with E-state index in [4.69, 9.17) is 0 Å². The van der Waals surface area contributed by atoms with Crippen molar-refractivity contribution < 1.29 is 4.79 Å². The number of carbonyl (C=O) groups is 1. The van der Waals surface area contributed by atoms with Crippen molar-refractivity contribution in [2.45, 2.75) is 33.2 Å². The Kier molecular flexibility index (Phi) is 4.52. The van der Waals surface area contributed by atoms with Crippen LogP contribution < -0.4 is 10.6 Å². The number of nitrogens with zero attached hydrogens (tertiary/aromatic N) is 4. The predicted octanol–water partition coefficient (Wildman–Crippen LogP) is 2.11. The van der Waals surface area contributed by atoms with Gasteiger partial charge in [-0.15, -0.1) is 0 Å². The summed E-state index contributed by atoms with van der Waals surface area (Å²) in [6, 6.07) is 0. The zero-order chi connectivity index (χ0) is 15.4. The molecule has 7 heteroatoms. The Balaban J connectivity index is 2.26. The number of hydrogen-bond acceptors (Lipinski definition) is 5. The summed E-state index contributed by atoms with van der Waals surface area (Å²) < 4.78 is 1.74. The van der Waals surface area contributed by atoms with Crippen LogP contribution in [0.5, 0.6) is 0 Å². The minimum atomic E-state index is -0.278. The zero-order valence-corrected chi connectivity index (χ0v) is 12.7. The lowest BCUT2D eigenvalue weighted by Crippen LogP contribution is -2.17. The summed E-state index contributed by atoms with van der Waals surface area (Å²) in [5, 5.41) is 9.86. The van der Waals surface area contributed by atoms with Gasteiger partial charge in [0.2, 0.25) is 0 Å². The van der Waals surface area contributed by atoms with E-state index in [1.165, 1.54) is 0 Å². The van der Waals surface area contributed by atoms with E-state index >= 15 is 0 Å². The lowest BCUT2D eigenvalue weighted by molar-refractivity contribution is 0.102. The van der Waals surface area contributed by atoms with Crippen LogP contribution in [-0.4, -0.2) is 32.7 Å². The van der Waals surface area contributed by atoms with E-state index in [2.05, 4.69) is 25.7 Å². The zero-order valence-electron chi connectivity index (χ0n) is 12.7. The number of anilines is 2. The molecular formula is C14H20N6O. The highest BCUT2D eigenvalue weighted by Gasteiger charge is 2.16. The fourth-order valence-electron chi connectivity index (χ4n) is 1.82. The van der Waals surface area contributed by atoms with Crippen LogP contribution in [0.25, 0.3) is 0 Å². The SMILES string of the molecule is CCn1cc(NC(=O)c2nc(C(C)C)ncc2NC)cn1. The van der Waals surface area contributed by atoms with Crippen LogP contribution in [0.1, 0.15) is 43.0 Å². The highest BCUT2D eigenvalue weighted by atomic mass is 16.1. The maximum Gasteiger partial charge on any atom is 0.276 e. The first-order chi connectivity index (χ1) is 10.0. The van der Waals surface area contributed by atoms with Gasteiger partial charge in [-0.25, -0.2) is 9.97 Å². The molecule has 2 heterocycles. The van der Waals surface area contributed by atoms with E-state index < -0.39 is 0 Å². The third kappa shape index (κ3) is 3.36. The molecule has 2 rings (SSSR count). The van der Waals surface area contributed by atoms with Gasteiger partial charge >= 0.3 is 0 Å². The van der Waals surface area contributed by atoms with E-state index in [0.717, 1.165) is 6.54 Å². The van der Waals surface area contributed by atoms with Crippen molar-refractivity contribution in [2.75, 3.05) is 17.7 Å². The topological polar surface area (TPSA) is 84.7 Å². The first-order valence-electron chi connectivity index (χ1n) is 6.93. The minimum Gasteiger partial charge on any atom is -0.385 e. The van der Waals surface area contributed by atoms with Crippen molar-refractivity contribution in [3.8, 4) is 0 Å². The van der Waals surface area contributed by atoms with Crippen LogP contribution in [0.2, 0.25) is 0 Å². The first kappa shape index (κ1) is 15.0. The number of nitrogens with one attached hydrogen (secondary N) is 2. The van der Waals surface area contributed by atoms with Gasteiger partial charge in [0, 0.05) is 25.7 Å². The van der Waals surface area contributed by atoms with Crippen molar-refractivity contribution in [3.05, 3.63) is 30.1 Å². The average Bonchev–Trinajstić information content (AvgIpc) is 2.94. The third-order valence-corrected chi connectivity index (χ3v) is 3.02. The second-order valence-corrected chi connectivity index (χ2v) is 4.93. The number of amides is 1. The predicted molar refractivity (Wildman–Crippen MR) is 81.5 cm³/mol. The molecule has 2 aromatic rings. The van der Waals surface area contributed by atoms with Crippen LogP contribution in [-0.2, 0) is 6.54 Å². The summed E-state index contributed by atoms with van der Waals surface area (Å²) in [4.78, 5) is 21.0. The molecule has 0 bridgehead atoms. The van der Waals surface area contributed by atoms with Crippen LogP contribution >= 0.6 is 0 Å². The molecule has 0 atom stereocenters. The van der Waals surface area contributed by atoms with Gasteiger partial charge < -0.3 is 10.6 Å². The number of aryl methyl sites for hydroxylation is 1. The Morgan fingerprint density at radius 1 is 1.38 bits per heavy atom. The Labute approximate surface area is 123 Å². The Bertz CT molecular complexity index is 634. The Morgan fingerprint density at radius 2 is 2.14 bits per heavy atom. The molecule has 0 aliphatic heterocycles. The maximum atomic E-state index is 12.4. The molecule has 2 aromatic heterocycles. The molecule has 0 spiro atoms. The van der Waals surface area contributed by atoms with E-state index in [0.29, 0.717) is 22.9 Å². The molecule has 0 saturated heterocycles. The molecule has 0 fully saturated rings. The van der Waals surface area contributed by atoms with Gasteiger partial charge in [-0.2, -0.15) is 5.10 Å². The van der Waals surface area contributed by atoms with E-state index in [1.807, 2.05) is 20.8 Å². The Morgan fingerprint density at radius 3 is 2.71 bits per heavy atom. The molecule has 0 aliphatic carbocycles. The second kappa shape index (κ2) is 6.34. The lowest BCUT2D eigenvalue weighted by Gasteiger charge is -2.10. The van der Waals surface area contributed by atoms with Gasteiger partial charge in [-0.05, 0) is 6.92 Å². The molecule has 7 nitrogen and oxygen atoms in total. The normalized spacial score (nSPS) is 10.7. The van der Waals surface area contributed by atoms with Crippen molar-refractivity contribution in [3.63, 3.8) is 0 Å². The fourth-order valence-corrected chi connectivity index (χ4v) is 1.82. The summed E-state index contributed by atoms with van der Waals surface area (Å²) in [6.45, 7) is 6.71. The second-order valence-electron chi connectivity index (χ2n) is 4.93. The number of rotatable bonds is 5. The summed E-state index contributed by atoms with van der Waals surface area (Å²) >= 11 is 0. The van der Waals surface area contributed by atoms with E-state index in [9.17, 15) is 4.79 Å². The Hall–Kier alpha value is -2.44. The molecule has 0 aliphatic rings. The van der Waals surface area contributed by atoms with E-state index in [-0.39, 0.29) is 11.8 Å². The molecule has 0 radical (unpaired) electrons. The standard InChI is InChI=1S/C14H20N6O/c1-5-20-8-10(6-17-20)18-14(21)12-11(15-4)7-16-13(19-12)9(2)3/h6-9,15H,5H2,1-4H3,(H,18,21). The molecule has 1 amide bonds. The van der Waals surface area contributed by atoms with Crippen LogP contribution in [0.3, 0.4) is 0 Å². The van der Waals surface area contributed by atoms with E-state index in [1.54, 1.807) is 30.3 Å². The summed E-state index contributed by atoms with van der Waals surface area (Å²) in [5.74, 6) is 0.521. The monoisotopic (exact) mass is 288 g/mol. The number of carbonyl (C=O) groups excluding carboxylic acids is 1. The van der Waals surface area contributed by atoms with Gasteiger partial charge in [0.15, 0.2) is 5.69 Å². The summed E-state index contributed by atoms with van der Waals surface area (Å²) in [7, 11) is 1.74. The van der Waals surface area contributed by atoms with Gasteiger partial charge in [0.05, 0.1) is 23.8 Å². The lowest BCUT2D eigenvalue weighted by atomic mass is 10.2. The molecule has 112 valence electrons. The maximum absolute atomic E-state index is 12.4. The van der Waals surface area contributed by atoms with Crippen molar-refractivity contribution in [2.24, 2.45) is 0 Å². The summed E-state index contributed by atoms with van der Waals surface area (Å²) in [6.07, 6.45) is 5.03. The third-order valence-electron chi connectivity index (χ3n) is 3.02. The molecule has 0 saturated carbocycles. The first-order valence-corrected chi connectivity index (χ1v) is 6.93.